The van der Waals surface area contributed by atoms with Crippen LogP contribution in [0.15, 0.2) is 152 Å². The van der Waals surface area contributed by atoms with Crippen LogP contribution >= 0.6 is 0 Å². The van der Waals surface area contributed by atoms with Gasteiger partial charge in [0.2, 0.25) is 0 Å². The first-order valence-electron chi connectivity index (χ1n) is 25.7. The molecule has 0 saturated heterocycles. The van der Waals surface area contributed by atoms with Gasteiger partial charge in [-0.1, -0.05) is 136 Å². The van der Waals surface area contributed by atoms with E-state index in [0.29, 0.717) is 50.3 Å². The normalized spacial score (nSPS) is 18.4. The number of benzene rings is 7. The summed E-state index contributed by atoms with van der Waals surface area (Å²) in [7, 11) is 4.17. The average Bonchev–Trinajstić information content (AvgIpc) is 3.56. The standard InChI is InChI=1S/C65H65NO5/c1-42(2)58(67)39-43-19-23-46(24-20-43)64(3,4)47-27-31-51(32-28-47)69-37-35-68-36-38-70-52-40-45-22-21-44-13-12-18-54-53-16-10-11-17-55(53)61-56-33-34-65(48-14-8-7-9-15-48,49-25-29-50(30-26-49)66(5)6)71-63(56)57(41-52)60(45)62(61)59(44)54/h7-9,12-15,18-20,23-34,40-41,53,55H,1,10-11,16-17,21-22,35-39H2,2-6H3. The van der Waals surface area contributed by atoms with Crippen molar-refractivity contribution in [3.05, 3.63) is 207 Å². The molecule has 1 fully saturated rings. The summed E-state index contributed by atoms with van der Waals surface area (Å²) in [4.78, 5) is 14.3. The van der Waals surface area contributed by atoms with Crippen LogP contribution in [0.2, 0.25) is 0 Å². The number of ketones is 1. The van der Waals surface area contributed by atoms with Crippen LogP contribution in [0.5, 0.6) is 17.2 Å². The Morgan fingerprint density at radius 3 is 2.08 bits per heavy atom. The van der Waals surface area contributed by atoms with E-state index in [4.69, 9.17) is 18.9 Å². The fourth-order valence-electron chi connectivity index (χ4n) is 12.1. The lowest BCUT2D eigenvalue weighted by molar-refractivity contribution is -0.114. The maximum Gasteiger partial charge on any atom is 0.178 e. The molecule has 360 valence electrons. The number of aryl methyl sites for hydroxylation is 2. The van der Waals surface area contributed by atoms with Gasteiger partial charge in [0.1, 0.15) is 30.5 Å². The van der Waals surface area contributed by atoms with Crippen LogP contribution in [-0.4, -0.2) is 46.3 Å². The Hall–Kier alpha value is -6.89. The van der Waals surface area contributed by atoms with Crippen molar-refractivity contribution in [3.63, 3.8) is 0 Å². The van der Waals surface area contributed by atoms with Crippen LogP contribution in [0.3, 0.4) is 0 Å². The first-order chi connectivity index (χ1) is 34.5. The monoisotopic (exact) mass is 939 g/mol. The van der Waals surface area contributed by atoms with Gasteiger partial charge in [-0.15, -0.1) is 0 Å². The highest BCUT2D eigenvalue weighted by Gasteiger charge is 2.44. The second-order valence-corrected chi connectivity index (χ2v) is 20.9. The zero-order chi connectivity index (χ0) is 48.9. The molecule has 1 aliphatic heterocycles. The molecule has 1 saturated carbocycles. The molecule has 6 nitrogen and oxygen atoms in total. The first-order valence-corrected chi connectivity index (χ1v) is 25.7. The number of Topliss-reactive ketones (excluding diaryl/α,β-unsaturated/α-hetero) is 1. The maximum atomic E-state index is 12.2. The predicted octanol–water partition coefficient (Wildman–Crippen LogP) is 14.3. The minimum Gasteiger partial charge on any atom is -0.491 e. The Morgan fingerprint density at radius 2 is 1.38 bits per heavy atom. The number of carbonyl (C=O) groups is 1. The number of rotatable bonds is 16. The molecule has 7 aromatic carbocycles. The lowest BCUT2D eigenvalue weighted by Gasteiger charge is -2.43. The number of hydrogen-bond acceptors (Lipinski definition) is 6. The number of nitrogens with zero attached hydrogens (tertiary/aromatic N) is 1. The van der Waals surface area contributed by atoms with Gasteiger partial charge in [0, 0.05) is 53.7 Å². The van der Waals surface area contributed by atoms with Gasteiger partial charge in [-0.2, -0.15) is 0 Å². The van der Waals surface area contributed by atoms with Gasteiger partial charge in [-0.05, 0) is 148 Å². The molecule has 7 aromatic rings. The number of anilines is 1. The molecule has 6 heteroatoms. The topological polar surface area (TPSA) is 57.2 Å². The van der Waals surface area contributed by atoms with Gasteiger partial charge < -0.3 is 23.8 Å². The van der Waals surface area contributed by atoms with Gasteiger partial charge in [0.05, 0.1) is 13.2 Å². The first kappa shape index (κ1) is 46.5. The van der Waals surface area contributed by atoms with Gasteiger partial charge in [-0.25, -0.2) is 0 Å². The van der Waals surface area contributed by atoms with E-state index in [-0.39, 0.29) is 11.2 Å². The minimum atomic E-state index is -0.836. The van der Waals surface area contributed by atoms with Gasteiger partial charge in [0.15, 0.2) is 11.4 Å². The number of allylic oxidation sites excluding steroid dienone is 1. The maximum absolute atomic E-state index is 12.2. The van der Waals surface area contributed by atoms with Crippen molar-refractivity contribution >= 4 is 28.3 Å². The molecular weight excluding hydrogens is 875 g/mol. The third kappa shape index (κ3) is 8.54. The van der Waals surface area contributed by atoms with E-state index >= 15 is 0 Å². The highest BCUT2D eigenvalue weighted by Crippen LogP contribution is 2.61. The zero-order valence-corrected chi connectivity index (χ0v) is 42.0. The molecule has 3 unspecified atom stereocenters. The van der Waals surface area contributed by atoms with E-state index < -0.39 is 5.60 Å². The Balaban J connectivity index is 0.841. The molecule has 0 bridgehead atoms. The molecule has 0 spiro atoms. The average molecular weight is 940 g/mol. The van der Waals surface area contributed by atoms with Crippen molar-refractivity contribution in [1.82, 2.24) is 0 Å². The van der Waals surface area contributed by atoms with Crippen LogP contribution in [0, 0.1) is 0 Å². The minimum absolute atomic E-state index is 0.0714. The smallest absolute Gasteiger partial charge is 0.178 e. The van der Waals surface area contributed by atoms with E-state index in [1.54, 1.807) is 12.5 Å². The van der Waals surface area contributed by atoms with Crippen molar-refractivity contribution in [1.29, 1.82) is 0 Å². The Morgan fingerprint density at radius 1 is 0.718 bits per heavy atom. The van der Waals surface area contributed by atoms with E-state index in [9.17, 15) is 4.79 Å². The summed E-state index contributed by atoms with van der Waals surface area (Å²) >= 11 is 0. The molecule has 1 heterocycles. The largest absolute Gasteiger partial charge is 0.491 e. The summed E-state index contributed by atoms with van der Waals surface area (Å²) in [5.41, 5.74) is 16.2. The molecule has 3 atom stereocenters. The molecule has 0 aromatic heterocycles. The Kier molecular flexibility index (Phi) is 12.5. The molecule has 3 aliphatic carbocycles. The summed E-state index contributed by atoms with van der Waals surface area (Å²) in [5, 5.41) is 2.44. The van der Waals surface area contributed by atoms with Crippen molar-refractivity contribution in [2.24, 2.45) is 0 Å². The lowest BCUT2D eigenvalue weighted by atomic mass is 9.62. The molecule has 0 amide bonds. The Labute approximate surface area is 419 Å². The van der Waals surface area contributed by atoms with E-state index in [0.717, 1.165) is 57.9 Å². The number of carbonyl (C=O) groups excluding carboxylic acids is 1. The van der Waals surface area contributed by atoms with E-state index in [1.807, 2.05) is 24.3 Å². The fraction of sp³-hybridized carbons (Fsp3) is 0.308. The summed E-state index contributed by atoms with van der Waals surface area (Å²) < 4.78 is 26.7. The summed E-state index contributed by atoms with van der Waals surface area (Å²) in [6, 6.07) is 47.9. The quantitative estimate of drug-likeness (QED) is 0.0711. The van der Waals surface area contributed by atoms with Crippen LogP contribution in [-0.2, 0) is 39.8 Å². The second kappa shape index (κ2) is 19.0. The lowest BCUT2D eigenvalue weighted by Crippen LogP contribution is -2.35. The van der Waals surface area contributed by atoms with Crippen LogP contribution in [0.1, 0.15) is 114 Å². The third-order valence-corrected chi connectivity index (χ3v) is 16.0. The highest BCUT2D eigenvalue weighted by atomic mass is 16.5. The van der Waals surface area contributed by atoms with Crippen molar-refractivity contribution in [3.8, 4) is 28.4 Å². The SMILES string of the molecule is C=C(C)C(=O)Cc1ccc(C(C)(C)c2ccc(OCCOCCOc3cc4c5c6c(c7c(c5c3)OC(c3ccccc3)(c3ccc(N(C)C)cc3)C=C7)C3CCCCC3c3cccc(c3-6)CC4)cc2)cc1. The molecule has 11 rings (SSSR count). The van der Waals surface area contributed by atoms with E-state index in [2.05, 4.69) is 161 Å². The molecule has 4 aliphatic rings. The van der Waals surface area contributed by atoms with Gasteiger partial charge in [0.25, 0.3) is 0 Å². The highest BCUT2D eigenvalue weighted by molar-refractivity contribution is 6.10. The number of ether oxygens (including phenoxy) is 4. The molecule has 0 radical (unpaired) electrons. The number of hydrogen-bond donors (Lipinski definition) is 0. The third-order valence-electron chi connectivity index (χ3n) is 16.0. The van der Waals surface area contributed by atoms with E-state index in [1.165, 1.54) is 75.6 Å². The summed E-state index contributed by atoms with van der Waals surface area (Å²) in [5.74, 6) is 3.61. The molecule has 71 heavy (non-hydrogen) atoms. The summed E-state index contributed by atoms with van der Waals surface area (Å²) in [6.07, 6.45) is 12.0. The Bertz CT molecular complexity index is 3170. The van der Waals surface area contributed by atoms with Crippen LogP contribution in [0.4, 0.5) is 5.69 Å². The predicted molar refractivity (Wildman–Crippen MR) is 289 cm³/mol. The van der Waals surface area contributed by atoms with Crippen molar-refractivity contribution in [2.45, 2.75) is 88.6 Å². The second-order valence-electron chi connectivity index (χ2n) is 20.9. The van der Waals surface area contributed by atoms with Crippen molar-refractivity contribution < 1.29 is 23.7 Å². The zero-order valence-electron chi connectivity index (χ0n) is 42.0. The summed E-state index contributed by atoms with van der Waals surface area (Å²) in [6.45, 7) is 11.7. The molecular formula is C65H65NO5. The van der Waals surface area contributed by atoms with Crippen LogP contribution < -0.4 is 19.1 Å². The molecule has 0 N–H and O–H groups in total. The van der Waals surface area contributed by atoms with Crippen LogP contribution in [0.25, 0.3) is 28.0 Å². The van der Waals surface area contributed by atoms with Crippen molar-refractivity contribution in [2.75, 3.05) is 45.4 Å². The number of fused-ring (bicyclic) bond motifs is 6. The van der Waals surface area contributed by atoms with Gasteiger partial charge >= 0.3 is 0 Å². The van der Waals surface area contributed by atoms with Gasteiger partial charge in [-0.3, -0.25) is 4.79 Å². The fourth-order valence-corrected chi connectivity index (χ4v) is 12.1.